The molecule has 0 saturated carbocycles. The van der Waals surface area contributed by atoms with Crippen LogP contribution in [0, 0.1) is 0 Å². The first-order valence-electron chi connectivity index (χ1n) is 8.61. The Bertz CT molecular complexity index is 659. The van der Waals surface area contributed by atoms with E-state index in [-0.39, 0.29) is 0 Å². The third-order valence-corrected chi connectivity index (χ3v) is 3.94. The Morgan fingerprint density at radius 3 is 1.83 bits per heavy atom. The van der Waals surface area contributed by atoms with Crippen LogP contribution in [0.3, 0.4) is 0 Å². The molecule has 0 radical (unpaired) electrons. The van der Waals surface area contributed by atoms with Crippen molar-refractivity contribution in [3.63, 3.8) is 0 Å². The van der Waals surface area contributed by atoms with Crippen molar-refractivity contribution >= 4 is 11.5 Å². The Morgan fingerprint density at radius 2 is 1.38 bits per heavy atom. The summed E-state index contributed by atoms with van der Waals surface area (Å²) < 4.78 is 0. The molecule has 0 bridgehead atoms. The van der Waals surface area contributed by atoms with Crippen LogP contribution in [0.1, 0.15) is 56.2 Å². The average Bonchev–Trinajstić information content (AvgIpc) is 2.54. The number of hydrogen-bond donors (Lipinski definition) is 1. The molecule has 2 aromatic carbocycles. The van der Waals surface area contributed by atoms with Gasteiger partial charge in [-0.05, 0) is 23.0 Å². The van der Waals surface area contributed by atoms with Crippen molar-refractivity contribution < 1.29 is 0 Å². The van der Waals surface area contributed by atoms with E-state index in [1.54, 1.807) is 0 Å². The van der Waals surface area contributed by atoms with Crippen molar-refractivity contribution in [2.75, 3.05) is 14.1 Å². The minimum absolute atomic E-state index is 0.429. The van der Waals surface area contributed by atoms with E-state index < -0.39 is 0 Å². The van der Waals surface area contributed by atoms with Gasteiger partial charge in [-0.2, -0.15) is 0 Å². The lowest BCUT2D eigenvalue weighted by Crippen LogP contribution is -2.36. The van der Waals surface area contributed by atoms with Gasteiger partial charge in [0.15, 0.2) is 0 Å². The van der Waals surface area contributed by atoms with E-state index in [1.807, 2.05) is 37.3 Å². The van der Waals surface area contributed by atoms with E-state index in [9.17, 15) is 0 Å². The summed E-state index contributed by atoms with van der Waals surface area (Å²) in [6.07, 6.45) is 0. The molecular formula is C21H29N3. The van der Waals surface area contributed by atoms with Gasteiger partial charge < -0.3 is 5.43 Å². The van der Waals surface area contributed by atoms with Crippen LogP contribution in [0.5, 0.6) is 0 Å². The third-order valence-electron chi connectivity index (χ3n) is 3.94. The Hall–Kier alpha value is -2.13. The van der Waals surface area contributed by atoms with E-state index in [4.69, 9.17) is 4.99 Å². The number of nitrogens with zero attached hydrogens (tertiary/aromatic N) is 2. The standard InChI is InChI=1S/C21H29N3/c1-15(2)18-13-10-14-19(16(3)4)20(18)22-21(23-24(5)6)17-11-8-7-9-12-17/h7-16H,1-6H3,(H,22,23). The van der Waals surface area contributed by atoms with Crippen molar-refractivity contribution in [3.05, 3.63) is 65.2 Å². The Morgan fingerprint density at radius 1 is 0.833 bits per heavy atom. The molecule has 0 heterocycles. The zero-order valence-corrected chi connectivity index (χ0v) is 15.7. The lowest BCUT2D eigenvalue weighted by Gasteiger charge is -2.20. The largest absolute Gasteiger partial charge is 0.303 e. The number of aliphatic imine (C=N–C) groups is 1. The minimum atomic E-state index is 0.429. The molecule has 0 unspecified atom stereocenters. The van der Waals surface area contributed by atoms with E-state index in [0.29, 0.717) is 11.8 Å². The van der Waals surface area contributed by atoms with Crippen molar-refractivity contribution in [1.82, 2.24) is 10.4 Å². The molecule has 3 nitrogen and oxygen atoms in total. The summed E-state index contributed by atoms with van der Waals surface area (Å²) in [5.74, 6) is 1.73. The first-order valence-corrected chi connectivity index (χ1v) is 8.61. The number of para-hydroxylation sites is 1. The molecule has 0 spiro atoms. The average molecular weight is 323 g/mol. The van der Waals surface area contributed by atoms with Gasteiger partial charge >= 0.3 is 0 Å². The predicted molar refractivity (Wildman–Crippen MR) is 104 cm³/mol. The fourth-order valence-corrected chi connectivity index (χ4v) is 2.71. The topological polar surface area (TPSA) is 27.6 Å². The quantitative estimate of drug-likeness (QED) is 0.472. The first kappa shape index (κ1) is 18.2. The molecule has 128 valence electrons. The van der Waals surface area contributed by atoms with Crippen molar-refractivity contribution in [2.45, 2.75) is 39.5 Å². The van der Waals surface area contributed by atoms with Gasteiger partial charge in [0.05, 0.1) is 5.69 Å². The Kier molecular flexibility index (Phi) is 6.16. The fourth-order valence-electron chi connectivity index (χ4n) is 2.71. The highest BCUT2D eigenvalue weighted by Gasteiger charge is 2.15. The summed E-state index contributed by atoms with van der Waals surface area (Å²) in [6.45, 7) is 8.89. The minimum Gasteiger partial charge on any atom is -0.303 e. The molecule has 0 aliphatic carbocycles. The van der Waals surface area contributed by atoms with Gasteiger partial charge in [0, 0.05) is 19.7 Å². The molecule has 1 N–H and O–H groups in total. The summed E-state index contributed by atoms with van der Waals surface area (Å²) in [4.78, 5) is 5.08. The molecule has 2 aromatic rings. The third kappa shape index (κ3) is 4.45. The van der Waals surface area contributed by atoms with Crippen LogP contribution in [0.25, 0.3) is 0 Å². The maximum Gasteiger partial charge on any atom is 0.148 e. The Labute approximate surface area is 146 Å². The summed E-state index contributed by atoms with van der Waals surface area (Å²) >= 11 is 0. The highest BCUT2D eigenvalue weighted by atomic mass is 15.5. The maximum absolute atomic E-state index is 5.08. The lowest BCUT2D eigenvalue weighted by atomic mass is 9.93. The van der Waals surface area contributed by atoms with Crippen LogP contribution >= 0.6 is 0 Å². The predicted octanol–water partition coefficient (Wildman–Crippen LogP) is 5.08. The fraction of sp³-hybridized carbons (Fsp3) is 0.381. The maximum atomic E-state index is 5.08. The van der Waals surface area contributed by atoms with Crippen LogP contribution in [0.15, 0.2) is 53.5 Å². The zero-order valence-electron chi connectivity index (χ0n) is 15.7. The van der Waals surface area contributed by atoms with Gasteiger partial charge in [0.25, 0.3) is 0 Å². The summed E-state index contributed by atoms with van der Waals surface area (Å²) in [5, 5.41) is 1.93. The van der Waals surface area contributed by atoms with Gasteiger partial charge in [-0.25, -0.2) is 10.0 Å². The summed E-state index contributed by atoms with van der Waals surface area (Å²) in [6, 6.07) is 16.8. The number of amidine groups is 1. The lowest BCUT2D eigenvalue weighted by molar-refractivity contribution is 0.363. The Balaban J connectivity index is 2.64. The van der Waals surface area contributed by atoms with Crippen LogP contribution in [0.2, 0.25) is 0 Å². The van der Waals surface area contributed by atoms with Crippen molar-refractivity contribution in [1.29, 1.82) is 0 Å². The number of benzene rings is 2. The van der Waals surface area contributed by atoms with Gasteiger partial charge in [-0.1, -0.05) is 76.2 Å². The van der Waals surface area contributed by atoms with Gasteiger partial charge in [-0.15, -0.1) is 0 Å². The zero-order chi connectivity index (χ0) is 17.7. The molecule has 0 saturated heterocycles. The molecule has 0 atom stereocenters. The highest BCUT2D eigenvalue weighted by Crippen LogP contribution is 2.35. The van der Waals surface area contributed by atoms with E-state index in [1.165, 1.54) is 11.1 Å². The molecule has 0 aliphatic heterocycles. The van der Waals surface area contributed by atoms with Crippen molar-refractivity contribution in [2.24, 2.45) is 4.99 Å². The molecule has 0 aromatic heterocycles. The number of hydrazine groups is 1. The normalized spacial score (nSPS) is 12.3. The van der Waals surface area contributed by atoms with Gasteiger partial charge in [0.1, 0.15) is 5.84 Å². The second-order valence-electron chi connectivity index (χ2n) is 6.93. The second-order valence-corrected chi connectivity index (χ2v) is 6.93. The summed E-state index contributed by atoms with van der Waals surface area (Å²) in [7, 11) is 3.96. The van der Waals surface area contributed by atoms with E-state index in [2.05, 4.69) is 63.5 Å². The molecule has 0 aliphatic rings. The van der Waals surface area contributed by atoms with E-state index >= 15 is 0 Å². The highest BCUT2D eigenvalue weighted by molar-refractivity contribution is 6.00. The van der Waals surface area contributed by atoms with Crippen LogP contribution in [-0.2, 0) is 0 Å². The van der Waals surface area contributed by atoms with Crippen LogP contribution in [0.4, 0.5) is 5.69 Å². The first-order chi connectivity index (χ1) is 11.4. The molecule has 0 amide bonds. The number of nitrogens with one attached hydrogen (secondary N) is 1. The molecule has 2 rings (SSSR count). The van der Waals surface area contributed by atoms with Crippen molar-refractivity contribution in [3.8, 4) is 0 Å². The van der Waals surface area contributed by atoms with Crippen LogP contribution in [-0.4, -0.2) is 24.9 Å². The van der Waals surface area contributed by atoms with Gasteiger partial charge in [-0.3, -0.25) is 0 Å². The second kappa shape index (κ2) is 8.11. The van der Waals surface area contributed by atoms with Crippen LogP contribution < -0.4 is 5.43 Å². The number of hydrogen-bond acceptors (Lipinski definition) is 2. The molecule has 3 heteroatoms. The SMILES string of the molecule is CC(C)c1cccc(C(C)C)c1N=C(NN(C)C)c1ccccc1. The smallest absolute Gasteiger partial charge is 0.148 e. The summed E-state index contributed by atoms with van der Waals surface area (Å²) in [5.41, 5.74) is 8.11. The molecule has 0 fully saturated rings. The molecule has 24 heavy (non-hydrogen) atoms. The molecular weight excluding hydrogens is 294 g/mol. The number of rotatable bonds is 5. The van der Waals surface area contributed by atoms with Gasteiger partial charge in [0.2, 0.25) is 0 Å². The monoisotopic (exact) mass is 323 g/mol. The van der Waals surface area contributed by atoms with E-state index in [0.717, 1.165) is 17.1 Å².